The van der Waals surface area contributed by atoms with Crippen molar-refractivity contribution in [3.8, 4) is 0 Å². The van der Waals surface area contributed by atoms with Gasteiger partial charge in [0.2, 0.25) is 5.91 Å². The minimum atomic E-state index is -4.31. The third kappa shape index (κ3) is 3.70. The van der Waals surface area contributed by atoms with Gasteiger partial charge in [-0.2, -0.15) is 18.3 Å². The van der Waals surface area contributed by atoms with Crippen LogP contribution in [0.4, 0.5) is 13.2 Å². The van der Waals surface area contributed by atoms with Crippen molar-refractivity contribution in [1.82, 2.24) is 20.4 Å². The number of nitrogens with one attached hydrogen (secondary N) is 2. The van der Waals surface area contributed by atoms with E-state index in [-0.39, 0.29) is 23.8 Å². The molecule has 3 rings (SSSR count). The van der Waals surface area contributed by atoms with Gasteiger partial charge in [0, 0.05) is 31.7 Å². The molecule has 0 radical (unpaired) electrons. The molecule has 2 aliphatic rings. The van der Waals surface area contributed by atoms with Gasteiger partial charge in [0.1, 0.15) is 0 Å². The molecular weight excluding hydrogens is 325 g/mol. The number of piperidine rings is 1. The lowest BCUT2D eigenvalue weighted by Crippen LogP contribution is -2.54. The maximum Gasteiger partial charge on any atom is 0.389 e. The van der Waals surface area contributed by atoms with E-state index in [2.05, 4.69) is 15.5 Å². The molecule has 1 aliphatic heterocycles. The summed E-state index contributed by atoms with van der Waals surface area (Å²) in [4.78, 5) is 25.7. The Balaban J connectivity index is 1.56. The van der Waals surface area contributed by atoms with Crippen molar-refractivity contribution in [2.24, 2.45) is 11.8 Å². The molecule has 2 amide bonds. The van der Waals surface area contributed by atoms with Gasteiger partial charge in [-0.1, -0.05) is 0 Å². The summed E-state index contributed by atoms with van der Waals surface area (Å²) in [5, 5.41) is 9.30. The second-order valence-corrected chi connectivity index (χ2v) is 6.50. The van der Waals surface area contributed by atoms with Gasteiger partial charge < -0.3 is 10.2 Å². The van der Waals surface area contributed by atoms with Gasteiger partial charge in [0.05, 0.1) is 18.2 Å². The first-order chi connectivity index (χ1) is 11.3. The number of carbonyl (C=O) groups is 2. The van der Waals surface area contributed by atoms with Crippen molar-refractivity contribution in [2.45, 2.75) is 37.9 Å². The number of alkyl halides is 3. The predicted molar refractivity (Wildman–Crippen MR) is 77.9 cm³/mol. The normalized spacial score (nSPS) is 26.5. The van der Waals surface area contributed by atoms with Crippen molar-refractivity contribution in [2.75, 3.05) is 13.1 Å². The van der Waals surface area contributed by atoms with Crippen molar-refractivity contribution in [3.05, 3.63) is 18.0 Å². The molecule has 1 unspecified atom stereocenters. The molecule has 0 aromatic carbocycles. The fourth-order valence-electron chi connectivity index (χ4n) is 3.68. The highest BCUT2D eigenvalue weighted by Gasteiger charge is 2.44. The number of nitrogens with zero attached hydrogens (tertiary/aromatic N) is 2. The van der Waals surface area contributed by atoms with Gasteiger partial charge in [0.25, 0.3) is 5.91 Å². The average Bonchev–Trinajstić information content (AvgIpc) is 3.11. The molecule has 132 valence electrons. The Labute approximate surface area is 136 Å². The summed E-state index contributed by atoms with van der Waals surface area (Å²) in [6.07, 6.45) is -1.23. The van der Waals surface area contributed by atoms with Gasteiger partial charge in [-0.25, -0.2) is 0 Å². The summed E-state index contributed by atoms with van der Waals surface area (Å²) in [6.45, 7) is 0.813. The summed E-state index contributed by atoms with van der Waals surface area (Å²) >= 11 is 0. The first-order valence-corrected chi connectivity index (χ1v) is 7.97. The number of aromatic amines is 1. The monoisotopic (exact) mass is 344 g/mol. The van der Waals surface area contributed by atoms with Crippen molar-refractivity contribution < 1.29 is 22.8 Å². The molecule has 6 nitrogen and oxygen atoms in total. The van der Waals surface area contributed by atoms with Crippen LogP contribution in [0.1, 0.15) is 36.0 Å². The highest BCUT2D eigenvalue weighted by atomic mass is 19.4. The summed E-state index contributed by atoms with van der Waals surface area (Å²) in [5.41, 5.74) is 0.443. The molecule has 2 heterocycles. The molecule has 1 saturated heterocycles. The van der Waals surface area contributed by atoms with E-state index in [1.807, 2.05) is 0 Å². The minimum absolute atomic E-state index is 0.0425. The quantitative estimate of drug-likeness (QED) is 0.873. The second-order valence-electron chi connectivity index (χ2n) is 6.50. The molecular formula is C15H19F3N4O2. The number of rotatable bonds is 4. The molecule has 24 heavy (non-hydrogen) atoms. The van der Waals surface area contributed by atoms with Crippen LogP contribution in [0.3, 0.4) is 0 Å². The number of hydrogen-bond acceptors (Lipinski definition) is 3. The van der Waals surface area contributed by atoms with Gasteiger partial charge in [0.15, 0.2) is 0 Å². The molecule has 1 aliphatic carbocycles. The summed E-state index contributed by atoms with van der Waals surface area (Å²) in [7, 11) is 0. The van der Waals surface area contributed by atoms with E-state index < -0.39 is 24.9 Å². The third-order valence-corrected chi connectivity index (χ3v) is 4.87. The molecule has 0 spiro atoms. The lowest BCUT2D eigenvalue weighted by Gasteiger charge is -2.38. The van der Waals surface area contributed by atoms with Crippen molar-refractivity contribution in [3.63, 3.8) is 0 Å². The number of halogens is 3. The minimum Gasteiger partial charge on any atom is -0.349 e. The van der Waals surface area contributed by atoms with Crippen LogP contribution in [0.5, 0.6) is 0 Å². The van der Waals surface area contributed by atoms with Crippen LogP contribution in [0, 0.1) is 11.8 Å². The molecule has 1 saturated carbocycles. The summed E-state index contributed by atoms with van der Waals surface area (Å²) in [5.74, 6) is -0.491. The Kier molecular flexibility index (Phi) is 4.51. The van der Waals surface area contributed by atoms with E-state index in [0.29, 0.717) is 18.7 Å². The highest BCUT2D eigenvalue weighted by molar-refractivity contribution is 5.93. The van der Waals surface area contributed by atoms with Crippen LogP contribution >= 0.6 is 0 Å². The van der Waals surface area contributed by atoms with E-state index in [9.17, 15) is 22.8 Å². The first-order valence-electron chi connectivity index (χ1n) is 7.97. The van der Waals surface area contributed by atoms with Gasteiger partial charge in [-0.3, -0.25) is 14.7 Å². The smallest absolute Gasteiger partial charge is 0.349 e. The Morgan fingerprint density at radius 3 is 2.50 bits per heavy atom. The van der Waals surface area contributed by atoms with E-state index >= 15 is 0 Å². The predicted octanol–water partition coefficient (Wildman–Crippen LogP) is 1.72. The summed E-state index contributed by atoms with van der Waals surface area (Å²) in [6, 6.07) is -0.0425. The molecule has 2 fully saturated rings. The maximum absolute atomic E-state index is 12.3. The SMILES string of the molecule is O=C(NC1[C@@H]2CC[C@H]1CN(C(=O)CCC(F)(F)F)C2)c1cn[nH]c1. The van der Waals surface area contributed by atoms with Crippen LogP contribution in [0.15, 0.2) is 12.4 Å². The number of carbonyl (C=O) groups excluding carboxylic acids is 2. The number of likely N-dealkylation sites (tertiary alicyclic amines) is 1. The van der Waals surface area contributed by atoms with Gasteiger partial charge in [-0.15, -0.1) is 0 Å². The van der Waals surface area contributed by atoms with Gasteiger partial charge >= 0.3 is 6.18 Å². The third-order valence-electron chi connectivity index (χ3n) is 4.87. The fourth-order valence-corrected chi connectivity index (χ4v) is 3.68. The number of H-pyrrole nitrogens is 1. The van der Waals surface area contributed by atoms with Crippen LogP contribution < -0.4 is 5.32 Å². The molecule has 2 N–H and O–H groups in total. The number of amides is 2. The zero-order chi connectivity index (χ0) is 17.3. The van der Waals surface area contributed by atoms with Crippen LogP contribution in [0.25, 0.3) is 0 Å². The largest absolute Gasteiger partial charge is 0.389 e. The Hall–Kier alpha value is -2.06. The second kappa shape index (κ2) is 6.45. The van der Waals surface area contributed by atoms with Crippen LogP contribution in [0.2, 0.25) is 0 Å². The van der Waals surface area contributed by atoms with Crippen molar-refractivity contribution >= 4 is 11.8 Å². The fraction of sp³-hybridized carbons (Fsp3) is 0.667. The lowest BCUT2D eigenvalue weighted by molar-refractivity contribution is -0.150. The zero-order valence-corrected chi connectivity index (χ0v) is 13.0. The van der Waals surface area contributed by atoms with E-state index in [1.54, 1.807) is 0 Å². The maximum atomic E-state index is 12.3. The highest BCUT2D eigenvalue weighted by Crippen LogP contribution is 2.37. The Bertz CT molecular complexity index is 588. The zero-order valence-electron chi connectivity index (χ0n) is 13.0. The Morgan fingerprint density at radius 1 is 1.29 bits per heavy atom. The topological polar surface area (TPSA) is 78.1 Å². The van der Waals surface area contributed by atoms with E-state index in [4.69, 9.17) is 0 Å². The number of fused-ring (bicyclic) bond motifs is 2. The van der Waals surface area contributed by atoms with Crippen LogP contribution in [-0.4, -0.2) is 52.2 Å². The molecule has 1 aromatic heterocycles. The van der Waals surface area contributed by atoms with Crippen LogP contribution in [-0.2, 0) is 4.79 Å². The molecule has 2 bridgehead atoms. The van der Waals surface area contributed by atoms with E-state index in [1.165, 1.54) is 17.3 Å². The molecule has 1 aromatic rings. The molecule has 9 heteroatoms. The van der Waals surface area contributed by atoms with Crippen molar-refractivity contribution in [1.29, 1.82) is 0 Å². The molecule has 3 atom stereocenters. The first kappa shape index (κ1) is 16.8. The van der Waals surface area contributed by atoms with E-state index in [0.717, 1.165) is 12.8 Å². The number of hydrogen-bond donors (Lipinski definition) is 2. The number of aromatic nitrogens is 2. The Morgan fingerprint density at radius 2 is 1.96 bits per heavy atom. The van der Waals surface area contributed by atoms with Gasteiger partial charge in [-0.05, 0) is 24.7 Å². The average molecular weight is 344 g/mol. The standard InChI is InChI=1S/C15H19F3N4O2/c16-15(17,18)4-3-12(23)22-7-9-1-2-10(8-22)13(9)21-14(24)11-5-19-20-6-11/h5-6,9-10,13H,1-4,7-8H2,(H,19,20)(H,21,24)/t9-,10+,13?. The summed E-state index contributed by atoms with van der Waals surface area (Å²) < 4.78 is 36.8. The lowest BCUT2D eigenvalue weighted by atomic mass is 9.91.